The minimum absolute atomic E-state index is 0.0660. The van der Waals surface area contributed by atoms with Gasteiger partial charge in [-0.3, -0.25) is 9.69 Å². The molecular weight excluding hydrogens is 418 g/mol. The lowest BCUT2D eigenvalue weighted by Gasteiger charge is -2.36. The fourth-order valence-electron chi connectivity index (χ4n) is 4.90. The van der Waals surface area contributed by atoms with Crippen molar-refractivity contribution in [1.82, 2.24) is 4.90 Å². The van der Waals surface area contributed by atoms with E-state index >= 15 is 0 Å². The van der Waals surface area contributed by atoms with Crippen molar-refractivity contribution in [1.29, 1.82) is 0 Å². The van der Waals surface area contributed by atoms with Crippen molar-refractivity contribution in [2.24, 2.45) is 0 Å². The van der Waals surface area contributed by atoms with E-state index in [0.717, 1.165) is 75.2 Å². The number of nitrogens with zero attached hydrogens (tertiary/aromatic N) is 2. The number of fused-ring (bicyclic) bond motifs is 2. The zero-order valence-electron chi connectivity index (χ0n) is 18.4. The average Bonchev–Trinajstić information content (AvgIpc) is 3.31. The lowest BCUT2D eigenvalue weighted by Crippen LogP contribution is -2.46. The van der Waals surface area contributed by atoms with Crippen LogP contribution in [-0.4, -0.2) is 48.6 Å². The molecule has 1 atom stereocenters. The summed E-state index contributed by atoms with van der Waals surface area (Å²) in [7, 11) is 0. The average molecular weight is 450 g/mol. The van der Waals surface area contributed by atoms with Gasteiger partial charge in [-0.1, -0.05) is 18.2 Å². The minimum atomic E-state index is -0.470. The largest absolute Gasteiger partial charge is 0.388 e. The lowest BCUT2D eigenvalue weighted by atomic mass is 9.97. The third kappa shape index (κ3) is 4.68. The van der Waals surface area contributed by atoms with Gasteiger partial charge in [-0.25, -0.2) is 0 Å². The molecule has 168 valence electrons. The van der Waals surface area contributed by atoms with Gasteiger partial charge in [0.1, 0.15) is 0 Å². The van der Waals surface area contributed by atoms with E-state index in [1.54, 1.807) is 0 Å². The fraction of sp³-hybridized carbons (Fsp3) is 0.423. The summed E-state index contributed by atoms with van der Waals surface area (Å²) in [5, 5.41) is 17.1. The van der Waals surface area contributed by atoms with E-state index in [4.69, 9.17) is 0 Å². The Bertz CT molecular complexity index is 1090. The Labute approximate surface area is 193 Å². The van der Waals surface area contributed by atoms with Gasteiger partial charge in [-0.05, 0) is 73.0 Å². The summed E-state index contributed by atoms with van der Waals surface area (Å²) >= 11 is 1.81. The fourth-order valence-corrected chi connectivity index (χ4v) is 5.71. The van der Waals surface area contributed by atoms with E-state index < -0.39 is 6.10 Å². The van der Waals surface area contributed by atoms with Crippen molar-refractivity contribution in [3.8, 4) is 0 Å². The summed E-state index contributed by atoms with van der Waals surface area (Å²) in [6.07, 6.45) is 3.71. The van der Waals surface area contributed by atoms with Gasteiger partial charge in [0, 0.05) is 54.1 Å². The first-order chi connectivity index (χ1) is 15.7. The summed E-state index contributed by atoms with van der Waals surface area (Å²) in [4.78, 5) is 16.7. The third-order valence-electron chi connectivity index (χ3n) is 6.80. The summed E-state index contributed by atoms with van der Waals surface area (Å²) in [5.74, 6) is 0.0660. The summed E-state index contributed by atoms with van der Waals surface area (Å²) in [6.45, 7) is 5.40. The molecule has 2 aliphatic heterocycles. The molecule has 0 saturated carbocycles. The quantitative estimate of drug-likeness (QED) is 0.508. The van der Waals surface area contributed by atoms with Crippen LogP contribution in [0, 0.1) is 0 Å². The van der Waals surface area contributed by atoms with Gasteiger partial charge in [-0.15, -0.1) is 11.3 Å². The number of carbonyl (C=O) groups is 1. The summed E-state index contributed by atoms with van der Waals surface area (Å²) < 4.78 is 1.37. The third-order valence-corrected chi connectivity index (χ3v) is 7.68. The molecule has 6 heteroatoms. The number of aliphatic hydroxyl groups excluding tert-OH is 1. The number of amides is 1. The number of thiophene rings is 1. The van der Waals surface area contributed by atoms with Crippen molar-refractivity contribution in [2.45, 2.75) is 38.2 Å². The number of hydrogen-bond acceptors (Lipinski definition) is 5. The molecule has 0 radical (unpaired) electrons. The Morgan fingerprint density at radius 2 is 1.91 bits per heavy atom. The molecule has 1 fully saturated rings. The number of carbonyl (C=O) groups excluding carboxylic acids is 1. The number of rotatable bonds is 7. The van der Waals surface area contributed by atoms with E-state index in [1.807, 2.05) is 29.5 Å². The highest BCUT2D eigenvalue weighted by Crippen LogP contribution is 2.31. The Morgan fingerprint density at radius 1 is 1.03 bits per heavy atom. The number of aryl methyl sites for hydroxylation is 1. The van der Waals surface area contributed by atoms with Crippen molar-refractivity contribution < 1.29 is 9.90 Å². The van der Waals surface area contributed by atoms with E-state index in [2.05, 4.69) is 44.8 Å². The second-order valence-electron chi connectivity index (χ2n) is 8.91. The van der Waals surface area contributed by atoms with E-state index in [-0.39, 0.29) is 5.91 Å². The van der Waals surface area contributed by atoms with Crippen LogP contribution in [0.3, 0.4) is 0 Å². The molecule has 2 aliphatic rings. The zero-order valence-corrected chi connectivity index (χ0v) is 19.2. The Morgan fingerprint density at radius 3 is 2.78 bits per heavy atom. The normalized spacial score (nSPS) is 17.9. The maximum absolute atomic E-state index is 11.6. The van der Waals surface area contributed by atoms with Crippen molar-refractivity contribution in [3.63, 3.8) is 0 Å². The summed E-state index contributed by atoms with van der Waals surface area (Å²) in [6, 6.07) is 14.9. The molecule has 1 aromatic heterocycles. The molecule has 3 aromatic rings. The van der Waals surface area contributed by atoms with Crippen LogP contribution in [0.1, 0.15) is 42.9 Å². The molecule has 0 bridgehead atoms. The number of nitrogens with one attached hydrogen (secondary N) is 1. The first-order valence-electron chi connectivity index (χ1n) is 11.7. The molecule has 0 aliphatic carbocycles. The number of aliphatic hydroxyl groups is 1. The summed E-state index contributed by atoms with van der Waals surface area (Å²) in [5.41, 5.74) is 4.30. The van der Waals surface area contributed by atoms with Crippen LogP contribution in [0.2, 0.25) is 0 Å². The second kappa shape index (κ2) is 9.61. The SMILES string of the molecule is O=C1CCc2ccc(C(O)CCCCN3CCN(c4cccc5sccc45)CC3)cc2N1. The molecule has 0 spiro atoms. The van der Waals surface area contributed by atoms with Crippen molar-refractivity contribution in [3.05, 3.63) is 59.0 Å². The van der Waals surface area contributed by atoms with Crippen LogP contribution < -0.4 is 10.2 Å². The lowest BCUT2D eigenvalue weighted by molar-refractivity contribution is -0.116. The molecule has 3 heterocycles. The molecular formula is C26H31N3O2S. The number of anilines is 2. The maximum atomic E-state index is 11.6. The number of unbranched alkanes of at least 4 members (excludes halogenated alkanes) is 1. The highest BCUT2D eigenvalue weighted by molar-refractivity contribution is 7.17. The standard InChI is InChI=1S/C26H31N3O2S/c30-24(20-8-7-19-9-10-26(31)27-22(19)18-20)5-1-2-12-28-13-15-29(16-14-28)23-4-3-6-25-21(23)11-17-32-25/h3-4,6-8,11,17-18,24,30H,1-2,5,9-10,12-16H2,(H,27,31). The van der Waals surface area contributed by atoms with Gasteiger partial charge >= 0.3 is 0 Å². The first kappa shape index (κ1) is 21.4. The monoisotopic (exact) mass is 449 g/mol. The number of hydrogen-bond donors (Lipinski definition) is 2. The van der Waals surface area contributed by atoms with Crippen LogP contribution >= 0.6 is 11.3 Å². The van der Waals surface area contributed by atoms with Gasteiger partial charge in [0.2, 0.25) is 5.91 Å². The van der Waals surface area contributed by atoms with Gasteiger partial charge in [0.25, 0.3) is 0 Å². The highest BCUT2D eigenvalue weighted by Gasteiger charge is 2.19. The topological polar surface area (TPSA) is 55.8 Å². The second-order valence-corrected chi connectivity index (χ2v) is 9.86. The van der Waals surface area contributed by atoms with Gasteiger partial charge in [0.05, 0.1) is 6.10 Å². The van der Waals surface area contributed by atoms with E-state index in [9.17, 15) is 9.90 Å². The Kier molecular flexibility index (Phi) is 6.44. The molecule has 5 rings (SSSR count). The van der Waals surface area contributed by atoms with Crippen LogP contribution in [-0.2, 0) is 11.2 Å². The van der Waals surface area contributed by atoms with Crippen LogP contribution in [0.4, 0.5) is 11.4 Å². The van der Waals surface area contributed by atoms with Crippen LogP contribution in [0.15, 0.2) is 47.8 Å². The van der Waals surface area contributed by atoms with Crippen LogP contribution in [0.5, 0.6) is 0 Å². The molecule has 2 N–H and O–H groups in total. The number of piperazine rings is 1. The van der Waals surface area contributed by atoms with E-state index in [1.165, 1.54) is 15.8 Å². The Balaban J connectivity index is 1.06. The predicted molar refractivity (Wildman–Crippen MR) is 133 cm³/mol. The molecule has 32 heavy (non-hydrogen) atoms. The molecule has 5 nitrogen and oxygen atoms in total. The van der Waals surface area contributed by atoms with Crippen molar-refractivity contribution in [2.75, 3.05) is 42.9 Å². The maximum Gasteiger partial charge on any atom is 0.224 e. The number of benzene rings is 2. The minimum Gasteiger partial charge on any atom is -0.388 e. The van der Waals surface area contributed by atoms with Gasteiger partial charge < -0.3 is 15.3 Å². The molecule has 2 aromatic carbocycles. The molecule has 1 saturated heterocycles. The Hall–Kier alpha value is -2.41. The highest BCUT2D eigenvalue weighted by atomic mass is 32.1. The molecule has 1 amide bonds. The zero-order chi connectivity index (χ0) is 21.9. The van der Waals surface area contributed by atoms with E-state index in [0.29, 0.717) is 6.42 Å². The molecule has 1 unspecified atom stereocenters. The van der Waals surface area contributed by atoms with Crippen LogP contribution in [0.25, 0.3) is 10.1 Å². The van der Waals surface area contributed by atoms with Gasteiger partial charge in [-0.2, -0.15) is 0 Å². The van der Waals surface area contributed by atoms with Gasteiger partial charge in [0.15, 0.2) is 0 Å². The predicted octanol–water partition coefficient (Wildman–Crippen LogP) is 4.81. The van der Waals surface area contributed by atoms with Crippen molar-refractivity contribution >= 4 is 38.7 Å². The smallest absolute Gasteiger partial charge is 0.224 e. The first-order valence-corrected chi connectivity index (χ1v) is 12.6.